The van der Waals surface area contributed by atoms with E-state index in [4.69, 9.17) is 9.47 Å². The minimum atomic E-state index is -0.636. The molecule has 9 nitrogen and oxygen atoms in total. The number of ether oxygens (including phenoxy) is 2. The van der Waals surface area contributed by atoms with Crippen molar-refractivity contribution in [2.45, 2.75) is 20.8 Å². The summed E-state index contributed by atoms with van der Waals surface area (Å²) in [6.07, 6.45) is 0. The lowest BCUT2D eigenvalue weighted by Crippen LogP contribution is -2.36. The van der Waals surface area contributed by atoms with Gasteiger partial charge in [0.15, 0.2) is 0 Å². The third-order valence-electron chi connectivity index (χ3n) is 5.63. The molecule has 0 aliphatic carbocycles. The molecule has 4 aromatic rings. The van der Waals surface area contributed by atoms with Crippen LogP contribution < -0.4 is 16.0 Å². The fourth-order valence-corrected chi connectivity index (χ4v) is 5.09. The Morgan fingerprint density at radius 1 is 1.09 bits per heavy atom. The van der Waals surface area contributed by atoms with E-state index < -0.39 is 17.2 Å². The molecule has 0 spiro atoms. The highest BCUT2D eigenvalue weighted by atomic mass is 32.1. The van der Waals surface area contributed by atoms with Crippen molar-refractivity contribution in [1.29, 1.82) is 0 Å². The molecule has 178 valence electrons. The van der Waals surface area contributed by atoms with Crippen molar-refractivity contribution in [3.8, 4) is 33.2 Å². The monoisotopic (exact) mass is 483 g/mol. The first-order valence-electron chi connectivity index (χ1n) is 10.8. The molecule has 0 saturated heterocycles. The Hall–Kier alpha value is -3.79. The Morgan fingerprint density at radius 2 is 1.76 bits per heavy atom. The molecule has 0 unspecified atom stereocenters. The number of H-pyrrole nitrogens is 1. The van der Waals surface area contributed by atoms with E-state index in [-0.39, 0.29) is 23.3 Å². The van der Waals surface area contributed by atoms with Crippen LogP contribution in [0.25, 0.3) is 32.7 Å². The molecular weight excluding hydrogens is 458 g/mol. The molecule has 0 aliphatic rings. The van der Waals surface area contributed by atoms with Crippen LogP contribution in [0.2, 0.25) is 0 Å². The molecule has 0 radical (unpaired) electrons. The maximum absolute atomic E-state index is 13.3. The second-order valence-corrected chi connectivity index (χ2v) is 8.92. The molecule has 3 aromatic heterocycles. The molecule has 2 N–H and O–H groups in total. The number of aromatic nitrogens is 3. The summed E-state index contributed by atoms with van der Waals surface area (Å²) in [6, 6.07) is 7.25. The molecule has 1 aromatic carbocycles. The van der Waals surface area contributed by atoms with E-state index in [1.807, 2.05) is 19.1 Å². The third kappa shape index (κ3) is 3.60. The number of esters is 1. The maximum Gasteiger partial charge on any atom is 0.343 e. The summed E-state index contributed by atoms with van der Waals surface area (Å²) in [5, 5.41) is 11.3. The first kappa shape index (κ1) is 23.4. The molecule has 0 bridgehead atoms. The summed E-state index contributed by atoms with van der Waals surface area (Å²) in [6.45, 7) is 5.97. The van der Waals surface area contributed by atoms with Gasteiger partial charge in [0, 0.05) is 24.5 Å². The van der Waals surface area contributed by atoms with Gasteiger partial charge < -0.3 is 19.6 Å². The van der Waals surface area contributed by atoms with Crippen molar-refractivity contribution in [3.63, 3.8) is 0 Å². The molecule has 0 fully saturated rings. The van der Waals surface area contributed by atoms with Crippen molar-refractivity contribution in [2.75, 3.05) is 13.2 Å². The van der Waals surface area contributed by atoms with Crippen molar-refractivity contribution in [3.05, 3.63) is 55.5 Å². The number of aryl methyl sites for hydroxylation is 2. The molecule has 0 amide bonds. The second-order valence-electron chi connectivity index (χ2n) is 7.69. The van der Waals surface area contributed by atoms with Gasteiger partial charge in [-0.15, -0.1) is 11.3 Å². The Morgan fingerprint density at radius 3 is 2.38 bits per heavy atom. The number of thiophene rings is 1. The van der Waals surface area contributed by atoms with Gasteiger partial charge in [0.2, 0.25) is 0 Å². The smallest absolute Gasteiger partial charge is 0.343 e. The van der Waals surface area contributed by atoms with Gasteiger partial charge in [0.25, 0.3) is 5.56 Å². The zero-order valence-corrected chi connectivity index (χ0v) is 20.3. The van der Waals surface area contributed by atoms with Gasteiger partial charge in [0.1, 0.15) is 22.7 Å². The number of nitrogens with zero attached hydrogens (tertiary/aromatic N) is 2. The van der Waals surface area contributed by atoms with Crippen LogP contribution in [0, 0.1) is 6.92 Å². The lowest BCUT2D eigenvalue weighted by molar-refractivity contribution is 0.0523. The minimum Gasteiger partial charge on any atom is -0.505 e. The van der Waals surface area contributed by atoms with Crippen LogP contribution >= 0.6 is 11.3 Å². The van der Waals surface area contributed by atoms with E-state index in [1.165, 1.54) is 23.0 Å². The third-order valence-corrected chi connectivity index (χ3v) is 6.74. The Balaban J connectivity index is 2.09. The molecule has 0 saturated carbocycles. The number of hydrogen-bond donors (Lipinski definition) is 2. The highest BCUT2D eigenvalue weighted by Crippen LogP contribution is 2.47. The Kier molecular flexibility index (Phi) is 6.09. The fourth-order valence-electron chi connectivity index (χ4n) is 4.00. The van der Waals surface area contributed by atoms with Crippen LogP contribution in [0.4, 0.5) is 0 Å². The van der Waals surface area contributed by atoms with E-state index >= 15 is 0 Å². The van der Waals surface area contributed by atoms with E-state index in [0.717, 1.165) is 4.57 Å². The molecule has 10 heteroatoms. The molecular formula is C24H25N3O6S. The van der Waals surface area contributed by atoms with Gasteiger partial charge in [-0.1, -0.05) is 0 Å². The summed E-state index contributed by atoms with van der Waals surface area (Å²) in [7, 11) is 2.97. The average molecular weight is 484 g/mol. The summed E-state index contributed by atoms with van der Waals surface area (Å²) >= 11 is 1.18. The van der Waals surface area contributed by atoms with E-state index in [0.29, 0.717) is 44.6 Å². The predicted molar refractivity (Wildman–Crippen MR) is 131 cm³/mol. The summed E-state index contributed by atoms with van der Waals surface area (Å²) < 4.78 is 13.0. The van der Waals surface area contributed by atoms with Gasteiger partial charge in [0.05, 0.1) is 29.2 Å². The fraction of sp³-hybridized carbons (Fsp3) is 0.292. The Bertz CT molecular complexity index is 1520. The molecule has 0 atom stereocenters. The van der Waals surface area contributed by atoms with Crippen LogP contribution in [0.3, 0.4) is 0 Å². The lowest BCUT2D eigenvalue weighted by atomic mass is 10.0. The maximum atomic E-state index is 13.3. The van der Waals surface area contributed by atoms with Crippen molar-refractivity contribution < 1.29 is 19.4 Å². The zero-order valence-electron chi connectivity index (χ0n) is 19.5. The van der Waals surface area contributed by atoms with Crippen molar-refractivity contribution >= 4 is 28.3 Å². The number of nitrogens with one attached hydrogen (secondary N) is 1. The topological polar surface area (TPSA) is 116 Å². The van der Waals surface area contributed by atoms with E-state index in [2.05, 4.69) is 4.98 Å². The molecule has 3 heterocycles. The average Bonchev–Trinajstić information content (AvgIpc) is 3.34. The van der Waals surface area contributed by atoms with Crippen LogP contribution in [-0.2, 0) is 18.8 Å². The summed E-state index contributed by atoms with van der Waals surface area (Å²) in [5.41, 5.74) is 1.05. The van der Waals surface area contributed by atoms with Crippen LogP contribution in [0.5, 0.6) is 11.5 Å². The largest absolute Gasteiger partial charge is 0.505 e. The number of aromatic hydroxyl groups is 1. The predicted octanol–water partition coefficient (Wildman–Crippen LogP) is 3.55. The van der Waals surface area contributed by atoms with Gasteiger partial charge in [-0.25, -0.2) is 9.59 Å². The number of fused-ring (bicyclic) bond motifs is 1. The number of benzene rings is 1. The van der Waals surface area contributed by atoms with Gasteiger partial charge in [-0.3, -0.25) is 13.9 Å². The molecule has 0 aliphatic heterocycles. The molecule has 4 rings (SSSR count). The number of carbonyl (C=O) groups excluding carboxylic acids is 1. The zero-order chi connectivity index (χ0) is 24.7. The van der Waals surface area contributed by atoms with Gasteiger partial charge in [-0.05, 0) is 50.6 Å². The number of hydrogen-bond acceptors (Lipinski definition) is 7. The normalized spacial score (nSPS) is 11.2. The first-order chi connectivity index (χ1) is 16.2. The van der Waals surface area contributed by atoms with Crippen molar-refractivity contribution in [1.82, 2.24) is 14.1 Å². The van der Waals surface area contributed by atoms with E-state index in [1.54, 1.807) is 33.0 Å². The highest BCUT2D eigenvalue weighted by molar-refractivity contribution is 7.16. The van der Waals surface area contributed by atoms with Crippen LogP contribution in [0.1, 0.15) is 29.1 Å². The molecule has 34 heavy (non-hydrogen) atoms. The standard InChI is InChI=1S/C24H25N3O6S/c1-6-32-14-10-8-13(9-11-14)18-16(17-21(25-18)26(4)24(31)27(5)22(17)29)20-19(28)15(12(3)34-20)23(30)33-7-2/h8-11,25,28H,6-7H2,1-5H3. The van der Waals surface area contributed by atoms with Gasteiger partial charge >= 0.3 is 11.7 Å². The number of rotatable bonds is 6. The highest BCUT2D eigenvalue weighted by Gasteiger charge is 2.29. The minimum absolute atomic E-state index is 0.0653. The summed E-state index contributed by atoms with van der Waals surface area (Å²) in [5.74, 6) is -0.209. The number of carbonyl (C=O) groups is 1. The van der Waals surface area contributed by atoms with Crippen LogP contribution in [0.15, 0.2) is 33.9 Å². The first-order valence-corrected chi connectivity index (χ1v) is 11.6. The Labute approximate surface area is 198 Å². The SMILES string of the molecule is CCOC(=O)c1c(C)sc(-c2c(-c3ccc(OCC)cc3)[nH]c3c2c(=O)n(C)c(=O)n3C)c1O. The summed E-state index contributed by atoms with van der Waals surface area (Å²) in [4.78, 5) is 42.4. The lowest BCUT2D eigenvalue weighted by Gasteiger charge is -2.07. The number of aromatic amines is 1. The van der Waals surface area contributed by atoms with Crippen molar-refractivity contribution in [2.24, 2.45) is 14.1 Å². The van der Waals surface area contributed by atoms with Crippen LogP contribution in [-0.4, -0.2) is 38.4 Å². The van der Waals surface area contributed by atoms with E-state index in [9.17, 15) is 19.5 Å². The quantitative estimate of drug-likeness (QED) is 0.405. The van der Waals surface area contributed by atoms with Gasteiger partial charge in [-0.2, -0.15) is 0 Å². The second kappa shape index (κ2) is 8.86.